The van der Waals surface area contributed by atoms with Crippen molar-refractivity contribution in [3.05, 3.63) is 194 Å². The Morgan fingerprint density at radius 1 is 0.397 bits per heavy atom. The zero-order valence-corrected chi connectivity index (χ0v) is 31.9. The Hall–Kier alpha value is -7.72. The van der Waals surface area contributed by atoms with Crippen LogP contribution < -0.4 is 0 Å². The van der Waals surface area contributed by atoms with Crippen LogP contribution in [0.1, 0.15) is 5.56 Å². The number of rotatable bonds is 6. The molecule has 0 radical (unpaired) electrons. The second kappa shape index (κ2) is 13.8. The lowest BCUT2D eigenvalue weighted by atomic mass is 9.99. The van der Waals surface area contributed by atoms with Gasteiger partial charge in [-0.15, -0.1) is 11.3 Å². The molecule has 0 saturated carbocycles. The molecule has 0 aliphatic carbocycles. The summed E-state index contributed by atoms with van der Waals surface area (Å²) in [5, 5.41) is 14.2. The maximum Gasteiger partial charge on any atom is 0.166 e. The maximum atomic E-state index is 9.41. The monoisotopic (exact) mass is 757 g/mol. The Bertz CT molecular complexity index is 3340. The number of thiophene rings is 1. The zero-order valence-electron chi connectivity index (χ0n) is 31.0. The van der Waals surface area contributed by atoms with E-state index in [0.717, 1.165) is 66.4 Å². The molecule has 0 amide bonds. The molecule has 0 bridgehead atoms. The van der Waals surface area contributed by atoms with Gasteiger partial charge in [0.25, 0.3) is 0 Å². The molecule has 0 unspecified atom stereocenters. The minimum Gasteiger partial charge on any atom is -0.309 e. The number of aromatic nitrogens is 4. The van der Waals surface area contributed by atoms with Crippen LogP contribution in [0.2, 0.25) is 0 Å². The second-order valence-electron chi connectivity index (χ2n) is 14.4. The summed E-state index contributed by atoms with van der Waals surface area (Å²) in [6.45, 7) is 0. The minimum absolute atomic E-state index is 0.590. The molecule has 6 heteroatoms. The number of hydrogen-bond acceptors (Lipinski definition) is 5. The van der Waals surface area contributed by atoms with E-state index >= 15 is 0 Å². The van der Waals surface area contributed by atoms with E-state index in [1.54, 1.807) is 0 Å². The van der Waals surface area contributed by atoms with Gasteiger partial charge >= 0.3 is 0 Å². The van der Waals surface area contributed by atoms with Crippen molar-refractivity contribution < 1.29 is 0 Å². The highest BCUT2D eigenvalue weighted by atomic mass is 32.1. The molecule has 0 aliphatic rings. The van der Waals surface area contributed by atoms with Crippen molar-refractivity contribution in [3.8, 4) is 68.2 Å². The van der Waals surface area contributed by atoms with Crippen LogP contribution in [0, 0.1) is 11.3 Å². The summed E-state index contributed by atoms with van der Waals surface area (Å²) >= 11 is 1.82. The SMILES string of the molecule is N#Cc1ccc(-c2ccc3c(c2)c2ccccc2n3-c2ccc(-c3ccc4c(c3)sc3ccccc34)cc2-c2nc(-c3ccccc3)nc(-c3ccccc3)n2)cc1. The Balaban J connectivity index is 1.17. The van der Waals surface area contributed by atoms with Crippen LogP contribution in [0.4, 0.5) is 0 Å². The fraction of sp³-hybridized carbons (Fsp3) is 0. The van der Waals surface area contributed by atoms with Gasteiger partial charge in [-0.25, -0.2) is 15.0 Å². The average Bonchev–Trinajstić information content (AvgIpc) is 3.84. The summed E-state index contributed by atoms with van der Waals surface area (Å²) in [6.07, 6.45) is 0. The molecular weight excluding hydrogens is 727 g/mol. The van der Waals surface area contributed by atoms with Crippen LogP contribution in [0.15, 0.2) is 188 Å². The summed E-state index contributed by atoms with van der Waals surface area (Å²) in [6, 6.07) is 67.5. The first kappa shape index (κ1) is 33.6. The van der Waals surface area contributed by atoms with E-state index in [0.29, 0.717) is 23.0 Å². The fourth-order valence-corrected chi connectivity index (χ4v) is 9.22. The predicted molar refractivity (Wildman–Crippen MR) is 239 cm³/mol. The van der Waals surface area contributed by atoms with Crippen molar-refractivity contribution in [1.82, 2.24) is 19.5 Å². The summed E-state index contributed by atoms with van der Waals surface area (Å²) in [7, 11) is 0. The molecule has 11 aromatic rings. The normalized spacial score (nSPS) is 11.4. The molecule has 0 N–H and O–H groups in total. The Labute approximate surface area is 338 Å². The van der Waals surface area contributed by atoms with Gasteiger partial charge in [-0.2, -0.15) is 5.26 Å². The highest BCUT2D eigenvalue weighted by Gasteiger charge is 2.21. The summed E-state index contributed by atoms with van der Waals surface area (Å²) in [5.41, 5.74) is 10.8. The standard InChI is InChI=1S/C52H31N5S/c53-32-33-19-21-34(22-20-33)37-24-27-46-43(29-37)40-15-7-9-17-45(40)57(46)47-28-25-38(39-23-26-42-41-16-8-10-18-48(41)58-49(42)31-39)30-44(47)52-55-50(35-11-3-1-4-12-35)54-51(56-52)36-13-5-2-6-14-36/h1-31H. The van der Waals surface area contributed by atoms with Crippen molar-refractivity contribution in [3.63, 3.8) is 0 Å². The first-order valence-electron chi connectivity index (χ1n) is 19.2. The van der Waals surface area contributed by atoms with Crippen LogP contribution in [0.3, 0.4) is 0 Å². The molecule has 270 valence electrons. The molecule has 0 saturated heterocycles. The molecule has 3 aromatic heterocycles. The number of benzene rings is 8. The summed E-state index contributed by atoms with van der Waals surface area (Å²) in [4.78, 5) is 15.5. The van der Waals surface area contributed by atoms with Gasteiger partial charge in [0, 0.05) is 47.6 Å². The Kier molecular flexibility index (Phi) is 7.99. The number of nitriles is 1. The number of para-hydroxylation sites is 1. The van der Waals surface area contributed by atoms with E-state index in [1.165, 1.54) is 20.2 Å². The molecular formula is C52H31N5S. The van der Waals surface area contributed by atoms with Crippen molar-refractivity contribution in [1.29, 1.82) is 5.26 Å². The third-order valence-corrected chi connectivity index (χ3v) is 12.0. The average molecular weight is 758 g/mol. The van der Waals surface area contributed by atoms with E-state index in [1.807, 2.05) is 96.3 Å². The second-order valence-corrected chi connectivity index (χ2v) is 15.4. The summed E-state index contributed by atoms with van der Waals surface area (Å²) in [5.74, 6) is 1.82. The molecule has 3 heterocycles. The highest BCUT2D eigenvalue weighted by Crippen LogP contribution is 2.41. The molecule has 0 atom stereocenters. The number of hydrogen-bond donors (Lipinski definition) is 0. The largest absolute Gasteiger partial charge is 0.309 e. The van der Waals surface area contributed by atoms with Crippen molar-refractivity contribution in [2.75, 3.05) is 0 Å². The highest BCUT2D eigenvalue weighted by molar-refractivity contribution is 7.25. The Morgan fingerprint density at radius 2 is 0.948 bits per heavy atom. The molecule has 58 heavy (non-hydrogen) atoms. The number of fused-ring (bicyclic) bond motifs is 6. The van der Waals surface area contributed by atoms with Gasteiger partial charge in [-0.1, -0.05) is 133 Å². The third kappa shape index (κ3) is 5.73. The Morgan fingerprint density at radius 3 is 1.69 bits per heavy atom. The van der Waals surface area contributed by atoms with Gasteiger partial charge in [0.15, 0.2) is 17.5 Å². The van der Waals surface area contributed by atoms with Crippen LogP contribution >= 0.6 is 11.3 Å². The first-order chi connectivity index (χ1) is 28.7. The van der Waals surface area contributed by atoms with E-state index in [4.69, 9.17) is 15.0 Å². The predicted octanol–water partition coefficient (Wildman–Crippen LogP) is 13.5. The molecule has 0 fully saturated rings. The maximum absolute atomic E-state index is 9.41. The van der Waals surface area contributed by atoms with Gasteiger partial charge in [0.1, 0.15) is 0 Å². The van der Waals surface area contributed by atoms with Crippen LogP contribution in [0.25, 0.3) is 104 Å². The molecule has 0 spiro atoms. The van der Waals surface area contributed by atoms with Crippen molar-refractivity contribution in [2.45, 2.75) is 0 Å². The van der Waals surface area contributed by atoms with E-state index < -0.39 is 0 Å². The molecule has 8 aromatic carbocycles. The van der Waals surface area contributed by atoms with Crippen LogP contribution in [0.5, 0.6) is 0 Å². The smallest absolute Gasteiger partial charge is 0.166 e. The first-order valence-corrected chi connectivity index (χ1v) is 20.0. The molecule has 11 rings (SSSR count). The molecule has 0 aliphatic heterocycles. The van der Waals surface area contributed by atoms with E-state index in [-0.39, 0.29) is 0 Å². The quantitative estimate of drug-likeness (QED) is 0.169. The van der Waals surface area contributed by atoms with Gasteiger partial charge in [-0.3, -0.25) is 0 Å². The lowest BCUT2D eigenvalue weighted by molar-refractivity contribution is 1.06. The van der Waals surface area contributed by atoms with Crippen molar-refractivity contribution >= 4 is 53.3 Å². The number of nitrogens with zero attached hydrogens (tertiary/aromatic N) is 5. The third-order valence-electron chi connectivity index (χ3n) is 10.9. The van der Waals surface area contributed by atoms with Gasteiger partial charge < -0.3 is 4.57 Å². The lowest BCUT2D eigenvalue weighted by Gasteiger charge is -2.16. The van der Waals surface area contributed by atoms with Crippen LogP contribution in [-0.4, -0.2) is 19.5 Å². The van der Waals surface area contributed by atoms with E-state index in [9.17, 15) is 5.26 Å². The fourth-order valence-electron chi connectivity index (χ4n) is 8.07. The summed E-state index contributed by atoms with van der Waals surface area (Å²) < 4.78 is 4.88. The zero-order chi connectivity index (χ0) is 38.6. The van der Waals surface area contributed by atoms with Gasteiger partial charge in [0.05, 0.1) is 28.4 Å². The van der Waals surface area contributed by atoms with E-state index in [2.05, 4.69) is 114 Å². The van der Waals surface area contributed by atoms with Gasteiger partial charge in [0.2, 0.25) is 0 Å². The van der Waals surface area contributed by atoms with Crippen molar-refractivity contribution in [2.24, 2.45) is 0 Å². The topological polar surface area (TPSA) is 67.4 Å². The lowest BCUT2D eigenvalue weighted by Crippen LogP contribution is -2.04. The van der Waals surface area contributed by atoms with Crippen LogP contribution in [-0.2, 0) is 0 Å². The minimum atomic E-state index is 0.590. The molecule has 5 nitrogen and oxygen atoms in total. The van der Waals surface area contributed by atoms with Gasteiger partial charge in [-0.05, 0) is 76.9 Å².